The van der Waals surface area contributed by atoms with Crippen LogP contribution < -0.4 is 4.74 Å². The van der Waals surface area contributed by atoms with Gasteiger partial charge in [0.2, 0.25) is 0 Å². The predicted molar refractivity (Wildman–Crippen MR) is 58.9 cm³/mol. The third kappa shape index (κ3) is 2.72. The molecule has 0 amide bonds. The molecule has 1 N–H and O–H groups in total. The van der Waals surface area contributed by atoms with Crippen molar-refractivity contribution in [3.63, 3.8) is 0 Å². The van der Waals surface area contributed by atoms with E-state index < -0.39 is 5.97 Å². The van der Waals surface area contributed by atoms with E-state index in [2.05, 4.69) is 15.9 Å². The number of rotatable bonds is 4. The standard InChI is InChI=1S/C11H11BrO3/c12-8-2-1-3-9(5-8)15-6-7-4-10(7)11(13)14/h1-3,5,7,10H,4,6H2,(H,13,14)/t7-,10+/m0/s1. The number of carboxylic acid groups (broad SMARTS) is 1. The van der Waals surface area contributed by atoms with Gasteiger partial charge in [0.15, 0.2) is 0 Å². The zero-order valence-corrected chi connectivity index (χ0v) is 9.61. The summed E-state index contributed by atoms with van der Waals surface area (Å²) in [4.78, 5) is 10.6. The number of ether oxygens (including phenoxy) is 1. The summed E-state index contributed by atoms with van der Waals surface area (Å²) in [5.41, 5.74) is 0. The number of carbonyl (C=O) groups is 1. The van der Waals surface area contributed by atoms with Crippen LogP contribution in [0.3, 0.4) is 0 Å². The van der Waals surface area contributed by atoms with Gasteiger partial charge in [-0.3, -0.25) is 4.79 Å². The van der Waals surface area contributed by atoms with Gasteiger partial charge in [-0.1, -0.05) is 22.0 Å². The molecule has 0 spiro atoms. The highest BCUT2D eigenvalue weighted by Crippen LogP contribution is 2.38. The highest BCUT2D eigenvalue weighted by Gasteiger charge is 2.43. The van der Waals surface area contributed by atoms with Crippen LogP contribution in [0.2, 0.25) is 0 Å². The third-order valence-corrected chi connectivity index (χ3v) is 2.99. The molecule has 80 valence electrons. The number of halogens is 1. The van der Waals surface area contributed by atoms with Crippen molar-refractivity contribution in [2.75, 3.05) is 6.61 Å². The van der Waals surface area contributed by atoms with Crippen molar-refractivity contribution >= 4 is 21.9 Å². The van der Waals surface area contributed by atoms with Crippen molar-refractivity contribution in [1.29, 1.82) is 0 Å². The van der Waals surface area contributed by atoms with E-state index in [9.17, 15) is 4.79 Å². The summed E-state index contributed by atoms with van der Waals surface area (Å²) in [6, 6.07) is 7.55. The maximum absolute atomic E-state index is 10.6. The van der Waals surface area contributed by atoms with Crippen molar-refractivity contribution in [3.05, 3.63) is 28.7 Å². The summed E-state index contributed by atoms with van der Waals surface area (Å²) >= 11 is 3.35. The molecule has 1 aromatic rings. The van der Waals surface area contributed by atoms with Gasteiger partial charge >= 0.3 is 5.97 Å². The Bertz CT molecular complexity index is 378. The first kappa shape index (κ1) is 10.5. The number of benzene rings is 1. The number of aliphatic carboxylic acids is 1. The topological polar surface area (TPSA) is 46.5 Å². The Hall–Kier alpha value is -1.03. The van der Waals surface area contributed by atoms with Gasteiger partial charge in [-0.15, -0.1) is 0 Å². The van der Waals surface area contributed by atoms with Crippen LogP contribution in [0.1, 0.15) is 6.42 Å². The second-order valence-electron chi connectivity index (χ2n) is 3.71. The molecule has 4 heteroatoms. The molecular weight excluding hydrogens is 260 g/mol. The van der Waals surface area contributed by atoms with Crippen LogP contribution in [0.25, 0.3) is 0 Å². The maximum atomic E-state index is 10.6. The normalized spacial score (nSPS) is 23.5. The Morgan fingerprint density at radius 3 is 3.00 bits per heavy atom. The van der Waals surface area contributed by atoms with E-state index in [0.29, 0.717) is 6.61 Å². The average Bonchev–Trinajstić information content (AvgIpc) is 2.94. The van der Waals surface area contributed by atoms with Crippen molar-refractivity contribution < 1.29 is 14.6 Å². The predicted octanol–water partition coefficient (Wildman–Crippen LogP) is 2.55. The SMILES string of the molecule is O=C(O)[C@@H]1C[C@H]1COc1cccc(Br)c1. The Kier molecular flexibility index (Phi) is 2.95. The second kappa shape index (κ2) is 4.23. The molecule has 0 heterocycles. The Morgan fingerprint density at radius 1 is 1.60 bits per heavy atom. The summed E-state index contributed by atoms with van der Waals surface area (Å²) in [5.74, 6) is 0.0527. The highest BCUT2D eigenvalue weighted by molar-refractivity contribution is 9.10. The molecule has 1 saturated carbocycles. The smallest absolute Gasteiger partial charge is 0.306 e. The molecular formula is C11H11BrO3. The fourth-order valence-corrected chi connectivity index (χ4v) is 1.87. The van der Waals surface area contributed by atoms with Gasteiger partial charge in [0, 0.05) is 10.4 Å². The van der Waals surface area contributed by atoms with Crippen LogP contribution in [0, 0.1) is 11.8 Å². The van der Waals surface area contributed by atoms with Gasteiger partial charge in [0.05, 0.1) is 12.5 Å². The van der Waals surface area contributed by atoms with Crippen molar-refractivity contribution in [3.8, 4) is 5.75 Å². The minimum atomic E-state index is -0.710. The first-order valence-electron chi connectivity index (χ1n) is 4.78. The van der Waals surface area contributed by atoms with E-state index in [4.69, 9.17) is 9.84 Å². The molecule has 3 nitrogen and oxygen atoms in total. The third-order valence-electron chi connectivity index (χ3n) is 2.50. The Morgan fingerprint density at radius 2 is 2.40 bits per heavy atom. The van der Waals surface area contributed by atoms with Crippen LogP contribution in [0.15, 0.2) is 28.7 Å². The molecule has 1 fully saturated rings. The summed E-state index contributed by atoms with van der Waals surface area (Å²) in [5, 5.41) is 8.70. The maximum Gasteiger partial charge on any atom is 0.306 e. The van der Waals surface area contributed by atoms with Gasteiger partial charge in [0.25, 0.3) is 0 Å². The zero-order valence-electron chi connectivity index (χ0n) is 8.02. The molecule has 0 aromatic heterocycles. The monoisotopic (exact) mass is 270 g/mol. The first-order valence-corrected chi connectivity index (χ1v) is 5.57. The van der Waals surface area contributed by atoms with Gasteiger partial charge < -0.3 is 9.84 Å². The van der Waals surface area contributed by atoms with Gasteiger partial charge in [-0.05, 0) is 24.6 Å². The van der Waals surface area contributed by atoms with Crippen molar-refractivity contribution in [1.82, 2.24) is 0 Å². The van der Waals surface area contributed by atoms with Gasteiger partial charge in [0.1, 0.15) is 5.75 Å². The van der Waals surface area contributed by atoms with E-state index in [-0.39, 0.29) is 11.8 Å². The van der Waals surface area contributed by atoms with Crippen LogP contribution in [-0.2, 0) is 4.79 Å². The molecule has 1 aromatic carbocycles. The lowest BCUT2D eigenvalue weighted by atomic mass is 10.3. The largest absolute Gasteiger partial charge is 0.493 e. The quantitative estimate of drug-likeness (QED) is 0.915. The van der Waals surface area contributed by atoms with Gasteiger partial charge in [-0.25, -0.2) is 0 Å². The van der Waals surface area contributed by atoms with Crippen molar-refractivity contribution in [2.24, 2.45) is 11.8 Å². The lowest BCUT2D eigenvalue weighted by molar-refractivity contribution is -0.138. The van der Waals surface area contributed by atoms with E-state index in [1.807, 2.05) is 24.3 Å². The molecule has 0 radical (unpaired) electrons. The Balaban J connectivity index is 1.82. The number of hydrogen-bond acceptors (Lipinski definition) is 2. The second-order valence-corrected chi connectivity index (χ2v) is 4.62. The molecule has 2 atom stereocenters. The fourth-order valence-electron chi connectivity index (χ4n) is 1.49. The fraction of sp³-hybridized carbons (Fsp3) is 0.364. The summed E-state index contributed by atoms with van der Waals surface area (Å²) in [7, 11) is 0. The van der Waals surface area contributed by atoms with E-state index in [1.165, 1.54) is 0 Å². The number of carboxylic acids is 1. The lowest BCUT2D eigenvalue weighted by Gasteiger charge is -2.05. The molecule has 0 aliphatic heterocycles. The van der Waals surface area contributed by atoms with Crippen LogP contribution in [0.4, 0.5) is 0 Å². The highest BCUT2D eigenvalue weighted by atomic mass is 79.9. The van der Waals surface area contributed by atoms with Crippen LogP contribution in [-0.4, -0.2) is 17.7 Å². The molecule has 1 aliphatic carbocycles. The summed E-state index contributed by atoms with van der Waals surface area (Å²) in [6.07, 6.45) is 0.739. The van der Waals surface area contributed by atoms with E-state index >= 15 is 0 Å². The molecule has 1 aliphatic rings. The van der Waals surface area contributed by atoms with Crippen LogP contribution >= 0.6 is 15.9 Å². The van der Waals surface area contributed by atoms with Crippen LogP contribution in [0.5, 0.6) is 5.75 Å². The van der Waals surface area contributed by atoms with E-state index in [0.717, 1.165) is 16.6 Å². The average molecular weight is 271 g/mol. The van der Waals surface area contributed by atoms with E-state index in [1.54, 1.807) is 0 Å². The molecule has 2 rings (SSSR count). The number of hydrogen-bond donors (Lipinski definition) is 1. The molecule has 0 unspecified atom stereocenters. The molecule has 0 bridgehead atoms. The summed E-state index contributed by atoms with van der Waals surface area (Å²) in [6.45, 7) is 0.493. The lowest BCUT2D eigenvalue weighted by Crippen LogP contribution is -2.06. The Labute approximate surface area is 96.2 Å². The first-order chi connectivity index (χ1) is 7.16. The summed E-state index contributed by atoms with van der Waals surface area (Å²) < 4.78 is 6.46. The molecule has 15 heavy (non-hydrogen) atoms. The molecule has 0 saturated heterocycles. The van der Waals surface area contributed by atoms with Crippen molar-refractivity contribution in [2.45, 2.75) is 6.42 Å². The minimum Gasteiger partial charge on any atom is -0.493 e. The minimum absolute atomic E-state index is 0.182. The zero-order chi connectivity index (χ0) is 10.8. The van der Waals surface area contributed by atoms with Gasteiger partial charge in [-0.2, -0.15) is 0 Å².